The number of amides is 2. The van der Waals surface area contributed by atoms with Gasteiger partial charge in [-0.25, -0.2) is 4.39 Å². The fourth-order valence-corrected chi connectivity index (χ4v) is 6.07. The summed E-state index contributed by atoms with van der Waals surface area (Å²) in [4.78, 5) is 27.4. The molecule has 1 aliphatic heterocycles. The highest BCUT2D eigenvalue weighted by molar-refractivity contribution is 6.03. The lowest BCUT2D eigenvalue weighted by atomic mass is 9.71. The Bertz CT molecular complexity index is 1460. The van der Waals surface area contributed by atoms with Crippen LogP contribution in [0.1, 0.15) is 38.3 Å². The van der Waals surface area contributed by atoms with E-state index >= 15 is 0 Å². The number of nitrogens with one attached hydrogen (secondary N) is 1. The van der Waals surface area contributed by atoms with Gasteiger partial charge in [0.2, 0.25) is 12.3 Å². The Labute approximate surface area is 208 Å². The van der Waals surface area contributed by atoms with Gasteiger partial charge in [0.05, 0.1) is 11.5 Å². The predicted octanol–water partition coefficient (Wildman–Crippen LogP) is 5.64. The van der Waals surface area contributed by atoms with Gasteiger partial charge in [-0.3, -0.25) is 9.59 Å². The van der Waals surface area contributed by atoms with E-state index in [-0.39, 0.29) is 23.7 Å². The van der Waals surface area contributed by atoms with Crippen LogP contribution in [0.25, 0.3) is 22.2 Å². The van der Waals surface area contributed by atoms with Gasteiger partial charge in [-0.1, -0.05) is 49.3 Å². The van der Waals surface area contributed by atoms with Crippen LogP contribution in [0.2, 0.25) is 0 Å². The van der Waals surface area contributed by atoms with E-state index in [4.69, 9.17) is 4.52 Å². The fourth-order valence-electron chi connectivity index (χ4n) is 6.07. The molecule has 0 spiro atoms. The van der Waals surface area contributed by atoms with Gasteiger partial charge in [-0.05, 0) is 54.8 Å². The molecule has 3 aromatic carbocycles. The zero-order valence-electron chi connectivity index (χ0n) is 20.1. The van der Waals surface area contributed by atoms with E-state index in [0.717, 1.165) is 35.8 Å². The Morgan fingerprint density at radius 3 is 2.44 bits per heavy atom. The molecule has 1 N–H and O–H groups in total. The zero-order chi connectivity index (χ0) is 25.1. The van der Waals surface area contributed by atoms with Gasteiger partial charge < -0.3 is 14.7 Å². The van der Waals surface area contributed by atoms with Crippen molar-refractivity contribution < 1.29 is 18.5 Å². The largest absolute Gasteiger partial charge is 0.356 e. The molecule has 2 atom stereocenters. The van der Waals surface area contributed by atoms with Crippen LogP contribution in [0.4, 0.5) is 10.1 Å². The van der Waals surface area contributed by atoms with Crippen molar-refractivity contribution >= 4 is 29.0 Å². The molecular formula is C29H26FN3O3. The van der Waals surface area contributed by atoms with Crippen LogP contribution >= 0.6 is 0 Å². The number of fused-ring (bicyclic) bond motifs is 1. The maximum absolute atomic E-state index is 14.0. The molecule has 1 saturated heterocycles. The second kappa shape index (κ2) is 8.01. The summed E-state index contributed by atoms with van der Waals surface area (Å²) in [5.41, 5.74) is 2.52. The second-order valence-electron chi connectivity index (χ2n) is 10.4. The van der Waals surface area contributed by atoms with E-state index < -0.39 is 11.0 Å². The Morgan fingerprint density at radius 2 is 1.78 bits per heavy atom. The molecule has 2 amide bonds. The molecule has 1 aliphatic carbocycles. The highest BCUT2D eigenvalue weighted by Crippen LogP contribution is 2.61. The minimum Gasteiger partial charge on any atom is -0.356 e. The highest BCUT2D eigenvalue weighted by Gasteiger charge is 2.66. The molecule has 182 valence electrons. The third kappa shape index (κ3) is 3.33. The van der Waals surface area contributed by atoms with Crippen molar-refractivity contribution in [3.63, 3.8) is 0 Å². The Balaban J connectivity index is 1.47. The van der Waals surface area contributed by atoms with E-state index in [0.29, 0.717) is 17.0 Å². The van der Waals surface area contributed by atoms with Crippen LogP contribution in [0.15, 0.2) is 77.3 Å². The Kier molecular flexibility index (Phi) is 5.00. The molecule has 7 heteroatoms. The topological polar surface area (TPSA) is 75.4 Å². The summed E-state index contributed by atoms with van der Waals surface area (Å²) in [7, 11) is 0. The number of hydrogen-bond donors (Lipinski definition) is 1. The van der Waals surface area contributed by atoms with Gasteiger partial charge in [-0.15, -0.1) is 0 Å². The average Bonchev–Trinajstić information content (AvgIpc) is 3.46. The number of hydrogen-bond acceptors (Lipinski definition) is 4. The number of nitrogens with zero attached hydrogens (tertiary/aromatic N) is 2. The summed E-state index contributed by atoms with van der Waals surface area (Å²) in [6.45, 7) is 3.95. The summed E-state index contributed by atoms with van der Waals surface area (Å²) in [6.07, 6.45) is 2.44. The molecule has 2 heterocycles. The smallest absolute Gasteiger partial charge is 0.233 e. The number of carbonyl (C=O) groups excluding carboxylic acids is 2. The molecule has 1 aromatic heterocycles. The van der Waals surface area contributed by atoms with Crippen molar-refractivity contribution in [2.75, 3.05) is 4.90 Å². The van der Waals surface area contributed by atoms with Gasteiger partial charge in [0.15, 0.2) is 5.58 Å². The Hall–Kier alpha value is -4.00. The van der Waals surface area contributed by atoms with Crippen molar-refractivity contribution in [2.45, 2.75) is 38.3 Å². The Morgan fingerprint density at radius 1 is 1.06 bits per heavy atom. The number of carbonyl (C=O) groups is 2. The van der Waals surface area contributed by atoms with E-state index in [1.807, 2.05) is 67.3 Å². The molecular weight excluding hydrogens is 457 g/mol. The predicted molar refractivity (Wildman–Crippen MR) is 135 cm³/mol. The van der Waals surface area contributed by atoms with E-state index in [9.17, 15) is 14.0 Å². The normalized spacial score (nSPS) is 22.1. The quantitative estimate of drug-likeness (QED) is 0.360. The third-order valence-corrected chi connectivity index (χ3v) is 7.86. The van der Waals surface area contributed by atoms with Crippen molar-refractivity contribution in [3.05, 3.63) is 84.2 Å². The zero-order valence-corrected chi connectivity index (χ0v) is 20.1. The first-order valence-electron chi connectivity index (χ1n) is 12.1. The van der Waals surface area contributed by atoms with Gasteiger partial charge >= 0.3 is 0 Å². The maximum Gasteiger partial charge on any atom is 0.233 e. The summed E-state index contributed by atoms with van der Waals surface area (Å²) < 4.78 is 19.1. The fraction of sp³-hybridized carbons (Fsp3) is 0.276. The first-order chi connectivity index (χ1) is 17.4. The summed E-state index contributed by atoms with van der Waals surface area (Å²) in [6, 6.07) is 21.5. The minimum absolute atomic E-state index is 0.00190. The van der Waals surface area contributed by atoms with Gasteiger partial charge in [0, 0.05) is 34.2 Å². The van der Waals surface area contributed by atoms with E-state index in [1.165, 1.54) is 12.1 Å². The first-order valence-corrected chi connectivity index (χ1v) is 12.1. The molecule has 6 rings (SSSR count). The maximum atomic E-state index is 14.0. The molecule has 0 bridgehead atoms. The molecule has 36 heavy (non-hydrogen) atoms. The highest BCUT2D eigenvalue weighted by atomic mass is 19.1. The molecule has 4 aromatic rings. The van der Waals surface area contributed by atoms with Gasteiger partial charge in [0.25, 0.3) is 0 Å². The average molecular weight is 484 g/mol. The number of rotatable bonds is 6. The van der Waals surface area contributed by atoms with Crippen LogP contribution in [-0.4, -0.2) is 23.0 Å². The van der Waals surface area contributed by atoms with Crippen molar-refractivity contribution in [1.82, 2.24) is 10.5 Å². The monoisotopic (exact) mass is 483 g/mol. The summed E-state index contributed by atoms with van der Waals surface area (Å²) >= 11 is 0. The van der Waals surface area contributed by atoms with Crippen LogP contribution < -0.4 is 10.2 Å². The van der Waals surface area contributed by atoms with Crippen LogP contribution in [-0.2, 0) is 9.59 Å². The number of aromatic nitrogens is 1. The van der Waals surface area contributed by atoms with E-state index in [2.05, 4.69) is 10.5 Å². The SMILES string of the molecule is CC1(C)C(=O)N(c2ccc3c(-c4ccc(F)cc4)noc3c2)[C@@H](c2ccccc2)[C@H]1C1(NC=O)CC1. The van der Waals surface area contributed by atoms with Crippen molar-refractivity contribution in [1.29, 1.82) is 0 Å². The molecule has 6 nitrogen and oxygen atoms in total. The van der Waals surface area contributed by atoms with Crippen LogP contribution in [0.5, 0.6) is 0 Å². The summed E-state index contributed by atoms with van der Waals surface area (Å²) in [5, 5.41) is 8.07. The minimum atomic E-state index is -0.706. The van der Waals surface area contributed by atoms with Crippen LogP contribution in [0.3, 0.4) is 0 Å². The number of halogens is 1. The number of anilines is 1. The van der Waals surface area contributed by atoms with Crippen LogP contribution in [0, 0.1) is 17.2 Å². The standard InChI is InChI=1S/C29H26FN3O3/c1-28(2)26(29(14-15-29)31-17-34)25(19-6-4-3-5-7-19)33(27(28)35)21-12-13-22-23(16-21)36-32-24(22)18-8-10-20(30)11-9-18/h3-13,16-17,25-26H,14-15H2,1-2H3,(H,31,34)/t25-,26+/m0/s1. The van der Waals surface area contributed by atoms with Crippen molar-refractivity contribution in [2.24, 2.45) is 11.3 Å². The van der Waals surface area contributed by atoms with E-state index in [1.54, 1.807) is 12.1 Å². The number of benzene rings is 3. The second-order valence-corrected chi connectivity index (χ2v) is 10.4. The molecule has 2 fully saturated rings. The first kappa shape index (κ1) is 22.5. The molecule has 2 aliphatic rings. The van der Waals surface area contributed by atoms with Gasteiger partial charge in [-0.2, -0.15) is 0 Å². The van der Waals surface area contributed by atoms with Gasteiger partial charge in [0.1, 0.15) is 11.5 Å². The molecule has 0 unspecified atom stereocenters. The lowest BCUT2D eigenvalue weighted by Crippen LogP contribution is -2.46. The molecule has 1 saturated carbocycles. The lowest BCUT2D eigenvalue weighted by Gasteiger charge is -2.36. The molecule has 0 radical (unpaired) electrons. The summed E-state index contributed by atoms with van der Waals surface area (Å²) in [5.74, 6) is -0.439. The lowest BCUT2D eigenvalue weighted by molar-refractivity contribution is -0.126. The van der Waals surface area contributed by atoms with Crippen molar-refractivity contribution in [3.8, 4) is 11.3 Å². The third-order valence-electron chi connectivity index (χ3n) is 7.86.